The van der Waals surface area contributed by atoms with E-state index in [1.807, 2.05) is 24.3 Å². The third-order valence-corrected chi connectivity index (χ3v) is 1.85. The highest BCUT2D eigenvalue weighted by Crippen LogP contribution is 2.10. The standard InChI is InChI=1S/C8H10BrN3/c1-11-12-8(10)6-3-2-4-7(9)5-6/h2-5,11H,1H3,(H2,10,12). The van der Waals surface area contributed by atoms with Crippen LogP contribution in [0.25, 0.3) is 0 Å². The van der Waals surface area contributed by atoms with E-state index in [-0.39, 0.29) is 0 Å². The number of nitrogens with one attached hydrogen (secondary N) is 1. The highest BCUT2D eigenvalue weighted by Gasteiger charge is 1.97. The molecule has 3 N–H and O–H groups in total. The maximum atomic E-state index is 5.64. The lowest BCUT2D eigenvalue weighted by molar-refractivity contribution is 0.898. The molecule has 0 atom stereocenters. The molecule has 0 aliphatic heterocycles. The van der Waals surface area contributed by atoms with Gasteiger partial charge in [0.25, 0.3) is 0 Å². The summed E-state index contributed by atoms with van der Waals surface area (Å²) in [6, 6.07) is 7.67. The second kappa shape index (κ2) is 4.11. The van der Waals surface area contributed by atoms with Gasteiger partial charge in [-0.05, 0) is 12.1 Å². The quantitative estimate of drug-likeness (QED) is 0.455. The zero-order valence-corrected chi connectivity index (χ0v) is 8.30. The molecular formula is C8H10BrN3. The number of hydrogen-bond acceptors (Lipinski definition) is 2. The van der Waals surface area contributed by atoms with Crippen LogP contribution >= 0.6 is 15.9 Å². The van der Waals surface area contributed by atoms with Gasteiger partial charge in [0, 0.05) is 17.1 Å². The van der Waals surface area contributed by atoms with Crippen molar-refractivity contribution in [3.8, 4) is 0 Å². The van der Waals surface area contributed by atoms with Crippen molar-refractivity contribution in [1.82, 2.24) is 5.43 Å². The molecule has 0 heterocycles. The molecule has 0 aliphatic carbocycles. The van der Waals surface area contributed by atoms with Gasteiger partial charge >= 0.3 is 0 Å². The Balaban J connectivity index is 2.95. The molecule has 0 bridgehead atoms. The molecule has 4 heteroatoms. The number of halogens is 1. The van der Waals surface area contributed by atoms with Gasteiger partial charge in [0.05, 0.1) is 0 Å². The number of hydrogen-bond donors (Lipinski definition) is 2. The minimum atomic E-state index is 0.485. The van der Waals surface area contributed by atoms with Gasteiger partial charge in [0.15, 0.2) is 5.84 Å². The number of nitrogens with two attached hydrogens (primary N) is 1. The van der Waals surface area contributed by atoms with Crippen molar-refractivity contribution in [2.24, 2.45) is 10.8 Å². The Morgan fingerprint density at radius 3 is 2.92 bits per heavy atom. The number of nitrogens with zero attached hydrogens (tertiary/aromatic N) is 1. The predicted molar refractivity (Wildman–Crippen MR) is 53.9 cm³/mol. The summed E-state index contributed by atoms with van der Waals surface area (Å²) < 4.78 is 0.995. The number of hydrazone groups is 1. The van der Waals surface area contributed by atoms with Crippen LogP contribution in [0.3, 0.4) is 0 Å². The van der Waals surface area contributed by atoms with Crippen molar-refractivity contribution in [2.75, 3.05) is 7.05 Å². The third-order valence-electron chi connectivity index (χ3n) is 1.35. The van der Waals surface area contributed by atoms with Crippen LogP contribution in [-0.2, 0) is 0 Å². The largest absolute Gasteiger partial charge is 0.382 e. The topological polar surface area (TPSA) is 50.4 Å². The summed E-state index contributed by atoms with van der Waals surface area (Å²) in [5.74, 6) is 0.485. The van der Waals surface area contributed by atoms with Crippen molar-refractivity contribution < 1.29 is 0 Å². The van der Waals surface area contributed by atoms with E-state index in [1.54, 1.807) is 7.05 Å². The molecule has 12 heavy (non-hydrogen) atoms. The van der Waals surface area contributed by atoms with Gasteiger partial charge < -0.3 is 11.2 Å². The van der Waals surface area contributed by atoms with Crippen molar-refractivity contribution >= 4 is 21.8 Å². The molecule has 64 valence electrons. The monoisotopic (exact) mass is 227 g/mol. The van der Waals surface area contributed by atoms with Gasteiger partial charge in [-0.15, -0.1) is 0 Å². The molecule has 0 amide bonds. The minimum Gasteiger partial charge on any atom is -0.382 e. The van der Waals surface area contributed by atoms with Gasteiger partial charge in [-0.2, -0.15) is 5.10 Å². The Hall–Kier alpha value is -1.03. The van der Waals surface area contributed by atoms with Crippen LogP contribution in [0.1, 0.15) is 5.56 Å². The second-order valence-corrected chi connectivity index (χ2v) is 3.15. The molecule has 0 radical (unpaired) electrons. The normalized spacial score (nSPS) is 11.3. The van der Waals surface area contributed by atoms with Gasteiger partial charge in [-0.1, -0.05) is 28.1 Å². The van der Waals surface area contributed by atoms with Crippen LogP contribution in [0.4, 0.5) is 0 Å². The van der Waals surface area contributed by atoms with Gasteiger partial charge in [-0.25, -0.2) is 0 Å². The van der Waals surface area contributed by atoms with Crippen molar-refractivity contribution in [3.05, 3.63) is 34.3 Å². The average molecular weight is 228 g/mol. The first-order valence-electron chi connectivity index (χ1n) is 3.50. The molecule has 0 aliphatic rings. The lowest BCUT2D eigenvalue weighted by Crippen LogP contribution is -2.16. The summed E-state index contributed by atoms with van der Waals surface area (Å²) in [7, 11) is 1.71. The molecule has 1 aromatic carbocycles. The second-order valence-electron chi connectivity index (χ2n) is 2.23. The predicted octanol–water partition coefficient (Wildman–Crippen LogP) is 1.29. The van der Waals surface area contributed by atoms with E-state index in [1.165, 1.54) is 0 Å². The van der Waals surface area contributed by atoms with Crippen LogP contribution in [-0.4, -0.2) is 12.9 Å². The Kier molecular flexibility index (Phi) is 3.10. The van der Waals surface area contributed by atoms with E-state index in [2.05, 4.69) is 26.5 Å². The smallest absolute Gasteiger partial charge is 0.150 e. The third kappa shape index (κ3) is 2.23. The lowest BCUT2D eigenvalue weighted by Gasteiger charge is -1.99. The van der Waals surface area contributed by atoms with Gasteiger partial charge in [0.2, 0.25) is 0 Å². The Bertz CT molecular complexity index is 296. The van der Waals surface area contributed by atoms with Crippen LogP contribution in [0, 0.1) is 0 Å². The number of amidine groups is 1. The summed E-state index contributed by atoms with van der Waals surface area (Å²) >= 11 is 3.35. The van der Waals surface area contributed by atoms with E-state index >= 15 is 0 Å². The fraction of sp³-hybridized carbons (Fsp3) is 0.125. The first-order valence-corrected chi connectivity index (χ1v) is 4.29. The summed E-state index contributed by atoms with van der Waals surface area (Å²) in [5, 5.41) is 3.86. The first kappa shape index (κ1) is 9.06. The molecule has 0 saturated carbocycles. The summed E-state index contributed by atoms with van der Waals surface area (Å²) in [6.07, 6.45) is 0. The van der Waals surface area contributed by atoms with Crippen molar-refractivity contribution in [2.45, 2.75) is 0 Å². The highest BCUT2D eigenvalue weighted by atomic mass is 79.9. The summed E-state index contributed by atoms with van der Waals surface area (Å²) in [4.78, 5) is 0. The van der Waals surface area contributed by atoms with E-state index < -0.39 is 0 Å². The van der Waals surface area contributed by atoms with Crippen LogP contribution < -0.4 is 11.2 Å². The molecule has 0 spiro atoms. The van der Waals surface area contributed by atoms with E-state index in [0.717, 1.165) is 10.0 Å². The first-order chi connectivity index (χ1) is 5.74. The van der Waals surface area contributed by atoms with E-state index in [9.17, 15) is 0 Å². The molecule has 0 aromatic heterocycles. The highest BCUT2D eigenvalue weighted by molar-refractivity contribution is 9.10. The number of rotatable bonds is 2. The Labute approximate surface area is 79.8 Å². The zero-order valence-electron chi connectivity index (χ0n) is 6.71. The van der Waals surface area contributed by atoms with Crippen LogP contribution in [0.2, 0.25) is 0 Å². The van der Waals surface area contributed by atoms with Crippen LogP contribution in [0.5, 0.6) is 0 Å². The maximum absolute atomic E-state index is 5.64. The molecule has 1 aromatic rings. The molecule has 0 fully saturated rings. The number of benzene rings is 1. The summed E-state index contributed by atoms with van der Waals surface area (Å²) in [5.41, 5.74) is 9.18. The average Bonchev–Trinajstić information content (AvgIpc) is 2.05. The molecule has 1 rings (SSSR count). The molecular weight excluding hydrogens is 218 g/mol. The van der Waals surface area contributed by atoms with Gasteiger partial charge in [0.1, 0.15) is 0 Å². The van der Waals surface area contributed by atoms with Crippen LogP contribution in [0.15, 0.2) is 33.8 Å². The molecule has 0 saturated heterocycles. The minimum absolute atomic E-state index is 0.485. The molecule has 0 unspecified atom stereocenters. The Morgan fingerprint density at radius 1 is 1.58 bits per heavy atom. The lowest BCUT2D eigenvalue weighted by atomic mass is 10.2. The fourth-order valence-corrected chi connectivity index (χ4v) is 1.23. The van der Waals surface area contributed by atoms with E-state index in [4.69, 9.17) is 5.73 Å². The maximum Gasteiger partial charge on any atom is 0.150 e. The van der Waals surface area contributed by atoms with Crippen molar-refractivity contribution in [3.63, 3.8) is 0 Å². The zero-order chi connectivity index (χ0) is 8.97. The van der Waals surface area contributed by atoms with E-state index in [0.29, 0.717) is 5.84 Å². The Morgan fingerprint density at radius 2 is 2.33 bits per heavy atom. The fourth-order valence-electron chi connectivity index (χ4n) is 0.833. The summed E-state index contributed by atoms with van der Waals surface area (Å²) in [6.45, 7) is 0. The molecule has 3 nitrogen and oxygen atoms in total. The SMILES string of the molecule is CN/N=C(\N)c1cccc(Br)c1. The van der Waals surface area contributed by atoms with Crippen molar-refractivity contribution in [1.29, 1.82) is 0 Å². The van der Waals surface area contributed by atoms with Gasteiger partial charge in [-0.3, -0.25) is 0 Å².